The quantitative estimate of drug-likeness (QED) is 0.399. The molecule has 9 nitrogen and oxygen atoms in total. The van der Waals surface area contributed by atoms with Crippen molar-refractivity contribution in [2.75, 3.05) is 14.2 Å². The van der Waals surface area contributed by atoms with E-state index in [0.29, 0.717) is 11.5 Å². The van der Waals surface area contributed by atoms with Crippen molar-refractivity contribution in [1.29, 1.82) is 0 Å². The van der Waals surface area contributed by atoms with Gasteiger partial charge in [0.2, 0.25) is 0 Å². The Balaban J connectivity index is 1.64. The highest BCUT2D eigenvalue weighted by atomic mass is 16.5. The first-order chi connectivity index (χ1) is 17.3. The van der Waals surface area contributed by atoms with Crippen LogP contribution in [0.4, 0.5) is 9.59 Å². The Labute approximate surface area is 214 Å². The number of benzene rings is 1. The first-order valence-electron chi connectivity index (χ1n) is 13.4. The summed E-state index contributed by atoms with van der Waals surface area (Å²) in [6.45, 7) is 4.11. The van der Waals surface area contributed by atoms with Crippen LogP contribution in [0.1, 0.15) is 83.6 Å². The minimum Gasteiger partial charge on any atom is -0.493 e. The van der Waals surface area contributed by atoms with Gasteiger partial charge in [-0.25, -0.2) is 9.59 Å². The summed E-state index contributed by atoms with van der Waals surface area (Å²) in [4.78, 5) is 30.8. The molecule has 1 unspecified atom stereocenters. The molecule has 4 rings (SSSR count). The second kappa shape index (κ2) is 11.2. The van der Waals surface area contributed by atoms with Crippen LogP contribution in [0.3, 0.4) is 0 Å². The van der Waals surface area contributed by atoms with Gasteiger partial charge in [-0.2, -0.15) is 5.06 Å². The maximum atomic E-state index is 14.0. The van der Waals surface area contributed by atoms with Crippen LogP contribution in [0.15, 0.2) is 18.2 Å². The van der Waals surface area contributed by atoms with E-state index < -0.39 is 17.7 Å². The summed E-state index contributed by atoms with van der Waals surface area (Å²) in [6, 6.07) is 4.93. The lowest BCUT2D eigenvalue weighted by atomic mass is 9.92. The number of hydrogen-bond donors (Lipinski definition) is 2. The molecular weight excluding hydrogens is 460 g/mol. The van der Waals surface area contributed by atoms with Gasteiger partial charge in [0, 0.05) is 17.6 Å². The van der Waals surface area contributed by atoms with Crippen molar-refractivity contribution >= 4 is 12.1 Å². The number of carbonyl (C=O) groups excluding carboxylic acids is 2. The van der Waals surface area contributed by atoms with Crippen molar-refractivity contribution in [3.05, 3.63) is 23.8 Å². The third-order valence-electron chi connectivity index (χ3n) is 8.20. The van der Waals surface area contributed by atoms with E-state index in [1.807, 2.05) is 32.0 Å². The van der Waals surface area contributed by atoms with Gasteiger partial charge in [-0.3, -0.25) is 10.1 Å². The Morgan fingerprint density at radius 3 is 2.31 bits per heavy atom. The summed E-state index contributed by atoms with van der Waals surface area (Å²) < 4.78 is 11.1. The van der Waals surface area contributed by atoms with Crippen molar-refractivity contribution in [3.8, 4) is 11.5 Å². The molecule has 1 atom stereocenters. The van der Waals surface area contributed by atoms with Gasteiger partial charge in [-0.05, 0) is 45.6 Å². The molecule has 2 saturated carbocycles. The van der Waals surface area contributed by atoms with Gasteiger partial charge >= 0.3 is 12.1 Å². The van der Waals surface area contributed by atoms with Gasteiger partial charge < -0.3 is 19.7 Å². The van der Waals surface area contributed by atoms with Crippen LogP contribution in [-0.2, 0) is 6.54 Å². The lowest BCUT2D eigenvalue weighted by Crippen LogP contribution is -2.61. The van der Waals surface area contributed by atoms with Gasteiger partial charge in [0.15, 0.2) is 17.7 Å². The van der Waals surface area contributed by atoms with E-state index in [9.17, 15) is 14.8 Å². The number of methoxy groups -OCH3 is 2. The van der Waals surface area contributed by atoms with Crippen LogP contribution in [0.25, 0.3) is 0 Å². The summed E-state index contributed by atoms with van der Waals surface area (Å²) in [5, 5.41) is 15.1. The van der Waals surface area contributed by atoms with Crippen LogP contribution < -0.4 is 14.8 Å². The standard InChI is InChI=1S/C27H42N4O5/c1-27(2)24(31(34)25(32)28-20-13-7-5-8-14-20)30(21-15-9-6-10-16-21)26(33)29(27)18-19-12-11-17-22(35-3)23(19)36-4/h11-12,17,20-21,24,34H,5-10,13-16,18H2,1-4H3,(H,28,32). The molecule has 3 fully saturated rings. The van der Waals surface area contributed by atoms with Gasteiger partial charge in [-0.15, -0.1) is 0 Å². The van der Waals surface area contributed by atoms with Crippen molar-refractivity contribution in [2.45, 2.75) is 108 Å². The van der Waals surface area contributed by atoms with Gasteiger partial charge in [0.1, 0.15) is 0 Å². The minimum absolute atomic E-state index is 0.0233. The fourth-order valence-corrected chi connectivity index (χ4v) is 6.22. The number of carbonyl (C=O) groups is 2. The van der Waals surface area contributed by atoms with E-state index in [2.05, 4.69) is 5.32 Å². The summed E-state index contributed by atoms with van der Waals surface area (Å²) in [7, 11) is 3.17. The zero-order valence-electron chi connectivity index (χ0n) is 22.2. The number of nitrogens with one attached hydrogen (secondary N) is 1. The third kappa shape index (κ3) is 5.08. The minimum atomic E-state index is -0.860. The Morgan fingerprint density at radius 1 is 1.06 bits per heavy atom. The van der Waals surface area contributed by atoms with E-state index in [1.54, 1.807) is 24.0 Å². The topological polar surface area (TPSA) is 94.6 Å². The summed E-state index contributed by atoms with van der Waals surface area (Å²) in [5.41, 5.74) is -0.0555. The molecule has 0 bridgehead atoms. The predicted octanol–water partition coefficient (Wildman–Crippen LogP) is 5.11. The Hall–Kier alpha value is -2.68. The van der Waals surface area contributed by atoms with E-state index in [0.717, 1.165) is 68.4 Å². The highest BCUT2D eigenvalue weighted by Crippen LogP contribution is 2.41. The average Bonchev–Trinajstić information content (AvgIpc) is 3.09. The molecule has 2 aliphatic carbocycles. The number of ether oxygens (including phenoxy) is 2. The van der Waals surface area contributed by atoms with E-state index in [1.165, 1.54) is 6.42 Å². The molecule has 36 heavy (non-hydrogen) atoms. The average molecular weight is 503 g/mol. The number of urea groups is 2. The van der Waals surface area contributed by atoms with Crippen molar-refractivity contribution in [2.24, 2.45) is 0 Å². The molecule has 0 aromatic heterocycles. The molecule has 1 aromatic carbocycles. The fraction of sp³-hybridized carbons (Fsp3) is 0.704. The maximum Gasteiger partial charge on any atom is 0.343 e. The molecule has 0 spiro atoms. The molecule has 1 saturated heterocycles. The Bertz CT molecular complexity index is 927. The Kier molecular flexibility index (Phi) is 8.17. The molecule has 1 heterocycles. The fourth-order valence-electron chi connectivity index (χ4n) is 6.22. The lowest BCUT2D eigenvalue weighted by Gasteiger charge is -2.42. The SMILES string of the molecule is COc1cccc(CN2C(=O)N(C3CCCCC3)C(N(O)C(=O)NC3CCCCC3)C2(C)C)c1OC. The lowest BCUT2D eigenvalue weighted by molar-refractivity contribution is -0.141. The number of hydrogen-bond acceptors (Lipinski definition) is 5. The molecule has 9 heteroatoms. The van der Waals surface area contributed by atoms with Crippen LogP contribution in [0, 0.1) is 0 Å². The maximum absolute atomic E-state index is 14.0. The number of hydroxylamine groups is 2. The third-order valence-corrected chi connectivity index (χ3v) is 8.20. The second-order valence-corrected chi connectivity index (χ2v) is 10.9. The molecule has 200 valence electrons. The summed E-state index contributed by atoms with van der Waals surface area (Å²) in [5.74, 6) is 1.17. The monoisotopic (exact) mass is 502 g/mol. The van der Waals surface area contributed by atoms with Crippen LogP contribution in [0.2, 0.25) is 0 Å². The molecule has 1 aromatic rings. The largest absolute Gasteiger partial charge is 0.493 e. The second-order valence-electron chi connectivity index (χ2n) is 10.9. The van der Waals surface area contributed by atoms with E-state index in [-0.39, 0.29) is 24.7 Å². The Morgan fingerprint density at radius 2 is 1.69 bits per heavy atom. The number of nitrogens with zero attached hydrogens (tertiary/aromatic N) is 3. The first kappa shape index (κ1) is 26.4. The molecule has 1 aliphatic heterocycles. The van der Waals surface area contributed by atoms with Gasteiger partial charge in [0.25, 0.3) is 0 Å². The molecule has 4 amide bonds. The van der Waals surface area contributed by atoms with Crippen molar-refractivity contribution in [3.63, 3.8) is 0 Å². The highest BCUT2D eigenvalue weighted by Gasteiger charge is 2.57. The van der Waals surface area contributed by atoms with Gasteiger partial charge in [0.05, 0.1) is 26.3 Å². The van der Waals surface area contributed by atoms with Crippen molar-refractivity contribution in [1.82, 2.24) is 20.2 Å². The zero-order chi connectivity index (χ0) is 25.9. The molecule has 3 aliphatic rings. The van der Waals surface area contributed by atoms with E-state index in [4.69, 9.17) is 9.47 Å². The first-order valence-corrected chi connectivity index (χ1v) is 13.4. The number of para-hydroxylation sites is 1. The predicted molar refractivity (Wildman–Crippen MR) is 136 cm³/mol. The van der Waals surface area contributed by atoms with Crippen LogP contribution in [-0.4, -0.2) is 70.1 Å². The number of amides is 4. The normalized spacial score (nSPS) is 23.0. The van der Waals surface area contributed by atoms with Crippen LogP contribution >= 0.6 is 0 Å². The molecule has 0 radical (unpaired) electrons. The van der Waals surface area contributed by atoms with Gasteiger partial charge in [-0.1, -0.05) is 50.7 Å². The smallest absolute Gasteiger partial charge is 0.343 e. The molecular formula is C27H42N4O5. The highest BCUT2D eigenvalue weighted by molar-refractivity contribution is 5.81. The van der Waals surface area contributed by atoms with Crippen molar-refractivity contribution < 1.29 is 24.3 Å². The number of rotatable bonds is 7. The summed E-state index contributed by atoms with van der Waals surface area (Å²) in [6.07, 6.45) is 9.30. The van der Waals surface area contributed by atoms with Crippen LogP contribution in [0.5, 0.6) is 11.5 Å². The molecule has 2 N–H and O–H groups in total. The van der Waals surface area contributed by atoms with E-state index >= 15 is 0 Å². The zero-order valence-corrected chi connectivity index (χ0v) is 22.2. The summed E-state index contributed by atoms with van der Waals surface area (Å²) >= 11 is 0.